The Morgan fingerprint density at radius 3 is 2.67 bits per heavy atom. The lowest BCUT2D eigenvalue weighted by molar-refractivity contribution is 0.0951. The van der Waals surface area contributed by atoms with E-state index in [1.165, 1.54) is 4.68 Å². The van der Waals surface area contributed by atoms with E-state index in [1.54, 1.807) is 31.5 Å². The first kappa shape index (κ1) is 20.5. The smallest absolute Gasteiger partial charge is 0.280 e. The molecule has 0 aliphatic rings. The standard InChI is InChI=1S/C26H22N4O3/c1-16-6-9-19(10-7-16)30-26(32)22-15-27-23-11-8-18(13-21(23)24(22)29-30)25(31)28-14-17-4-3-5-20(12-17)33-2/h3-13,15,29H,14H2,1-2H3,(H,28,31). The van der Waals surface area contributed by atoms with Crippen molar-refractivity contribution in [1.29, 1.82) is 0 Å². The van der Waals surface area contributed by atoms with E-state index in [0.29, 0.717) is 33.9 Å². The third-order valence-electron chi connectivity index (χ3n) is 5.67. The van der Waals surface area contributed by atoms with Crippen LogP contribution in [0.25, 0.3) is 27.5 Å². The van der Waals surface area contributed by atoms with Gasteiger partial charge >= 0.3 is 0 Å². The molecule has 0 radical (unpaired) electrons. The van der Waals surface area contributed by atoms with Crippen LogP contribution in [0.3, 0.4) is 0 Å². The molecule has 0 bridgehead atoms. The number of carbonyl (C=O) groups excluding carboxylic acids is 1. The lowest BCUT2D eigenvalue weighted by Crippen LogP contribution is -2.22. The van der Waals surface area contributed by atoms with Crippen molar-refractivity contribution >= 4 is 27.7 Å². The monoisotopic (exact) mass is 438 g/mol. The number of nitrogens with one attached hydrogen (secondary N) is 2. The van der Waals surface area contributed by atoms with E-state index in [1.807, 2.05) is 55.5 Å². The van der Waals surface area contributed by atoms with Gasteiger partial charge < -0.3 is 10.1 Å². The molecule has 2 heterocycles. The van der Waals surface area contributed by atoms with Gasteiger partial charge in [-0.15, -0.1) is 0 Å². The SMILES string of the molecule is COc1cccc(CNC(=O)c2ccc3ncc4c(=O)n(-c5ccc(C)cc5)[nH]c4c3c2)c1. The number of aromatic nitrogens is 3. The van der Waals surface area contributed by atoms with E-state index in [-0.39, 0.29) is 11.5 Å². The van der Waals surface area contributed by atoms with Gasteiger partial charge in [0.1, 0.15) is 5.75 Å². The Balaban J connectivity index is 1.50. The Labute approximate surface area is 189 Å². The minimum atomic E-state index is -0.211. The zero-order valence-corrected chi connectivity index (χ0v) is 18.3. The van der Waals surface area contributed by atoms with Crippen LogP contribution in [0.5, 0.6) is 5.75 Å². The lowest BCUT2D eigenvalue weighted by Gasteiger charge is -2.08. The molecule has 164 valence electrons. The van der Waals surface area contributed by atoms with Crippen LogP contribution >= 0.6 is 0 Å². The van der Waals surface area contributed by atoms with E-state index in [0.717, 1.165) is 22.6 Å². The average Bonchev–Trinajstić information content (AvgIpc) is 3.19. The number of aryl methyl sites for hydroxylation is 1. The number of carbonyl (C=O) groups is 1. The number of hydrogen-bond acceptors (Lipinski definition) is 4. The van der Waals surface area contributed by atoms with Gasteiger partial charge in [-0.25, -0.2) is 4.68 Å². The van der Waals surface area contributed by atoms with Gasteiger partial charge in [0, 0.05) is 23.7 Å². The number of pyridine rings is 1. The average molecular weight is 438 g/mol. The van der Waals surface area contributed by atoms with Gasteiger partial charge in [-0.3, -0.25) is 19.7 Å². The van der Waals surface area contributed by atoms with Crippen molar-refractivity contribution in [3.05, 3.63) is 100.0 Å². The second-order valence-corrected chi connectivity index (χ2v) is 7.90. The zero-order valence-electron chi connectivity index (χ0n) is 18.3. The van der Waals surface area contributed by atoms with E-state index in [2.05, 4.69) is 15.4 Å². The van der Waals surface area contributed by atoms with Crippen LogP contribution < -0.4 is 15.6 Å². The number of H-pyrrole nitrogens is 1. The molecule has 0 saturated heterocycles. The number of rotatable bonds is 5. The van der Waals surface area contributed by atoms with Crippen molar-refractivity contribution in [2.45, 2.75) is 13.5 Å². The number of amides is 1. The number of nitrogens with zero attached hydrogens (tertiary/aromatic N) is 2. The minimum absolute atomic E-state index is 0.184. The highest BCUT2D eigenvalue weighted by Crippen LogP contribution is 2.22. The number of hydrogen-bond donors (Lipinski definition) is 2. The maximum Gasteiger partial charge on any atom is 0.280 e. The molecule has 0 saturated carbocycles. The first-order valence-corrected chi connectivity index (χ1v) is 10.5. The molecule has 3 aromatic carbocycles. The van der Waals surface area contributed by atoms with Gasteiger partial charge in [0.15, 0.2) is 0 Å². The molecule has 7 nitrogen and oxygen atoms in total. The summed E-state index contributed by atoms with van der Waals surface area (Å²) in [5, 5.41) is 7.31. The van der Waals surface area contributed by atoms with Gasteiger partial charge in [-0.05, 0) is 55.0 Å². The molecular formula is C26H22N4O3. The Morgan fingerprint density at radius 1 is 1.06 bits per heavy atom. The van der Waals surface area contributed by atoms with Crippen LogP contribution in [0.1, 0.15) is 21.5 Å². The fraction of sp³-hybridized carbons (Fsp3) is 0.115. The molecule has 0 aliphatic carbocycles. The van der Waals surface area contributed by atoms with Crippen LogP contribution in [-0.4, -0.2) is 27.8 Å². The largest absolute Gasteiger partial charge is 0.497 e. The van der Waals surface area contributed by atoms with E-state index < -0.39 is 0 Å². The quantitative estimate of drug-likeness (QED) is 0.432. The minimum Gasteiger partial charge on any atom is -0.497 e. The van der Waals surface area contributed by atoms with Crippen LogP contribution in [0, 0.1) is 6.92 Å². The van der Waals surface area contributed by atoms with Crippen LogP contribution in [0.2, 0.25) is 0 Å². The first-order chi connectivity index (χ1) is 16.0. The summed E-state index contributed by atoms with van der Waals surface area (Å²) in [6.45, 7) is 2.37. The molecule has 7 heteroatoms. The molecular weight excluding hydrogens is 416 g/mol. The van der Waals surface area contributed by atoms with Crippen molar-refractivity contribution in [3.63, 3.8) is 0 Å². The third-order valence-corrected chi connectivity index (χ3v) is 5.67. The highest BCUT2D eigenvalue weighted by molar-refractivity contribution is 6.06. The molecule has 0 unspecified atom stereocenters. The fourth-order valence-corrected chi connectivity index (χ4v) is 3.84. The molecule has 2 aromatic heterocycles. The molecule has 0 aliphatic heterocycles. The summed E-state index contributed by atoms with van der Waals surface area (Å²) in [4.78, 5) is 30.3. The van der Waals surface area contributed by atoms with Gasteiger partial charge in [-0.1, -0.05) is 29.8 Å². The van der Waals surface area contributed by atoms with Crippen molar-refractivity contribution in [2.24, 2.45) is 0 Å². The summed E-state index contributed by atoms with van der Waals surface area (Å²) >= 11 is 0. The number of benzene rings is 3. The maximum absolute atomic E-state index is 13.0. The second kappa shape index (κ2) is 8.27. The van der Waals surface area contributed by atoms with Crippen LogP contribution in [0.4, 0.5) is 0 Å². The Morgan fingerprint density at radius 2 is 1.88 bits per heavy atom. The molecule has 5 rings (SSSR count). The third kappa shape index (κ3) is 3.85. The molecule has 2 N–H and O–H groups in total. The molecule has 0 spiro atoms. The van der Waals surface area contributed by atoms with E-state index in [4.69, 9.17) is 4.74 Å². The fourth-order valence-electron chi connectivity index (χ4n) is 3.84. The summed E-state index contributed by atoms with van der Waals surface area (Å²) in [6.07, 6.45) is 1.57. The topological polar surface area (TPSA) is 89.0 Å². The molecule has 0 atom stereocenters. The summed E-state index contributed by atoms with van der Waals surface area (Å²) in [6, 6.07) is 20.5. The molecule has 1 amide bonds. The first-order valence-electron chi connectivity index (χ1n) is 10.5. The highest BCUT2D eigenvalue weighted by Gasteiger charge is 2.14. The predicted molar refractivity (Wildman–Crippen MR) is 128 cm³/mol. The van der Waals surface area contributed by atoms with Crippen molar-refractivity contribution in [2.75, 3.05) is 7.11 Å². The van der Waals surface area contributed by atoms with Crippen LogP contribution in [-0.2, 0) is 6.54 Å². The van der Waals surface area contributed by atoms with Crippen molar-refractivity contribution in [1.82, 2.24) is 20.1 Å². The molecule has 0 fully saturated rings. The molecule has 33 heavy (non-hydrogen) atoms. The van der Waals surface area contributed by atoms with E-state index in [9.17, 15) is 9.59 Å². The number of aromatic amines is 1. The number of methoxy groups -OCH3 is 1. The lowest BCUT2D eigenvalue weighted by atomic mass is 10.1. The normalized spacial score (nSPS) is 11.1. The van der Waals surface area contributed by atoms with Gasteiger partial charge in [0.05, 0.1) is 29.2 Å². The Bertz CT molecular complexity index is 1550. The van der Waals surface area contributed by atoms with Crippen molar-refractivity contribution in [3.8, 4) is 11.4 Å². The number of fused-ring (bicyclic) bond motifs is 3. The second-order valence-electron chi connectivity index (χ2n) is 7.90. The Hall–Kier alpha value is -4.39. The van der Waals surface area contributed by atoms with Gasteiger partial charge in [-0.2, -0.15) is 0 Å². The van der Waals surface area contributed by atoms with Crippen molar-refractivity contribution < 1.29 is 9.53 Å². The highest BCUT2D eigenvalue weighted by atomic mass is 16.5. The van der Waals surface area contributed by atoms with Gasteiger partial charge in [0.25, 0.3) is 11.5 Å². The maximum atomic E-state index is 13.0. The molecule has 5 aromatic rings. The van der Waals surface area contributed by atoms with Gasteiger partial charge in [0.2, 0.25) is 0 Å². The summed E-state index contributed by atoms with van der Waals surface area (Å²) in [5.74, 6) is 0.528. The summed E-state index contributed by atoms with van der Waals surface area (Å²) in [5.41, 5.74) is 4.44. The predicted octanol–water partition coefficient (Wildman–Crippen LogP) is 4.11. The zero-order chi connectivity index (χ0) is 22.9. The summed E-state index contributed by atoms with van der Waals surface area (Å²) < 4.78 is 6.73. The summed E-state index contributed by atoms with van der Waals surface area (Å²) in [7, 11) is 1.61. The van der Waals surface area contributed by atoms with Crippen LogP contribution in [0.15, 0.2) is 77.7 Å². The number of ether oxygens (including phenoxy) is 1. The van der Waals surface area contributed by atoms with E-state index >= 15 is 0 Å². The Kier molecular flexibility index (Phi) is 5.14.